The Morgan fingerprint density at radius 3 is 2.30 bits per heavy atom. The second-order valence-electron chi connectivity index (χ2n) is 5.72. The van der Waals surface area contributed by atoms with E-state index < -0.39 is 35.9 Å². The van der Waals surface area contributed by atoms with Crippen molar-refractivity contribution in [1.82, 2.24) is 4.90 Å². The molecule has 7 heteroatoms. The van der Waals surface area contributed by atoms with Crippen LogP contribution in [0.4, 0.5) is 0 Å². The summed E-state index contributed by atoms with van der Waals surface area (Å²) < 4.78 is 0. The van der Waals surface area contributed by atoms with Gasteiger partial charge in [-0.1, -0.05) is 37.3 Å². The predicted octanol–water partition coefficient (Wildman–Crippen LogP) is 1.68. The maximum atomic E-state index is 12.7. The van der Waals surface area contributed by atoms with Crippen LogP contribution in [0.1, 0.15) is 24.9 Å². The molecule has 1 aliphatic rings. The lowest BCUT2D eigenvalue weighted by atomic mass is 9.93. The minimum absolute atomic E-state index is 0.102. The maximum absolute atomic E-state index is 12.7. The highest BCUT2D eigenvalue weighted by Gasteiger charge is 2.51. The molecule has 0 spiro atoms. The van der Waals surface area contributed by atoms with Crippen LogP contribution in [-0.4, -0.2) is 44.8 Å². The number of carboxylic acid groups (broad SMARTS) is 2. The number of carbonyl (C=O) groups excluding carboxylic acids is 1. The molecule has 1 aliphatic heterocycles. The van der Waals surface area contributed by atoms with Crippen LogP contribution in [0.3, 0.4) is 0 Å². The van der Waals surface area contributed by atoms with E-state index in [2.05, 4.69) is 12.6 Å². The Bertz CT molecular complexity index is 606. The van der Waals surface area contributed by atoms with Crippen molar-refractivity contribution in [1.29, 1.82) is 0 Å². The first-order chi connectivity index (χ1) is 10.9. The van der Waals surface area contributed by atoms with Crippen molar-refractivity contribution in [2.75, 3.05) is 5.75 Å². The van der Waals surface area contributed by atoms with Gasteiger partial charge < -0.3 is 15.1 Å². The van der Waals surface area contributed by atoms with E-state index in [0.717, 1.165) is 0 Å². The van der Waals surface area contributed by atoms with Crippen molar-refractivity contribution in [3.05, 3.63) is 35.9 Å². The summed E-state index contributed by atoms with van der Waals surface area (Å²) in [6.07, 6.45) is -0.102. The van der Waals surface area contributed by atoms with E-state index in [1.54, 1.807) is 37.3 Å². The zero-order valence-corrected chi connectivity index (χ0v) is 13.5. The molecule has 0 aromatic heterocycles. The Hall–Kier alpha value is -2.02. The zero-order chi connectivity index (χ0) is 17.1. The molecule has 2 N–H and O–H groups in total. The van der Waals surface area contributed by atoms with Gasteiger partial charge in [0.05, 0.1) is 12.0 Å². The van der Waals surface area contributed by atoms with Gasteiger partial charge in [0, 0.05) is 11.7 Å². The van der Waals surface area contributed by atoms with E-state index in [1.807, 2.05) is 0 Å². The third-order valence-corrected chi connectivity index (χ3v) is 4.73. The van der Waals surface area contributed by atoms with E-state index in [1.165, 1.54) is 4.90 Å². The molecule has 0 bridgehead atoms. The zero-order valence-electron chi connectivity index (χ0n) is 12.6. The first kappa shape index (κ1) is 17.3. The molecule has 1 heterocycles. The van der Waals surface area contributed by atoms with Gasteiger partial charge in [0.2, 0.25) is 5.91 Å². The summed E-state index contributed by atoms with van der Waals surface area (Å²) in [6.45, 7) is 1.66. The Kier molecular flexibility index (Phi) is 5.30. The van der Waals surface area contributed by atoms with E-state index >= 15 is 0 Å². The van der Waals surface area contributed by atoms with E-state index in [-0.39, 0.29) is 18.1 Å². The molecule has 6 nitrogen and oxygen atoms in total. The van der Waals surface area contributed by atoms with E-state index in [0.29, 0.717) is 5.56 Å². The van der Waals surface area contributed by atoms with Gasteiger partial charge in [-0.05, 0) is 12.0 Å². The molecule has 1 fully saturated rings. The molecular formula is C16H19NO5S. The predicted molar refractivity (Wildman–Crippen MR) is 86.2 cm³/mol. The monoisotopic (exact) mass is 337 g/mol. The van der Waals surface area contributed by atoms with Gasteiger partial charge in [0.25, 0.3) is 0 Å². The first-order valence-corrected chi connectivity index (χ1v) is 7.95. The Balaban J connectivity index is 2.51. The maximum Gasteiger partial charge on any atom is 0.326 e. The molecule has 1 aromatic carbocycles. The van der Waals surface area contributed by atoms with Crippen LogP contribution in [0.25, 0.3) is 0 Å². The largest absolute Gasteiger partial charge is 0.481 e. The summed E-state index contributed by atoms with van der Waals surface area (Å²) in [4.78, 5) is 37.1. The van der Waals surface area contributed by atoms with Gasteiger partial charge in [-0.3, -0.25) is 9.59 Å². The highest BCUT2D eigenvalue weighted by Crippen LogP contribution is 2.42. The lowest BCUT2D eigenvalue weighted by molar-refractivity contribution is -0.151. The van der Waals surface area contributed by atoms with Crippen LogP contribution in [0, 0.1) is 11.8 Å². The van der Waals surface area contributed by atoms with Crippen molar-refractivity contribution < 1.29 is 24.6 Å². The van der Waals surface area contributed by atoms with Crippen molar-refractivity contribution in [3.63, 3.8) is 0 Å². The van der Waals surface area contributed by atoms with Crippen molar-refractivity contribution in [2.24, 2.45) is 11.8 Å². The Morgan fingerprint density at radius 1 is 1.22 bits per heavy atom. The topological polar surface area (TPSA) is 94.9 Å². The van der Waals surface area contributed by atoms with Crippen LogP contribution in [0.15, 0.2) is 30.3 Å². The highest BCUT2D eigenvalue weighted by atomic mass is 32.1. The Morgan fingerprint density at radius 2 is 1.83 bits per heavy atom. The molecule has 0 aliphatic carbocycles. The number of nitrogens with zero attached hydrogens (tertiary/aromatic N) is 1. The second-order valence-corrected chi connectivity index (χ2v) is 6.08. The van der Waals surface area contributed by atoms with E-state index in [4.69, 9.17) is 0 Å². The summed E-state index contributed by atoms with van der Waals surface area (Å²) in [5.41, 5.74) is 0.628. The summed E-state index contributed by atoms with van der Waals surface area (Å²) in [7, 11) is 0. The number of hydrogen-bond acceptors (Lipinski definition) is 4. The van der Waals surface area contributed by atoms with Crippen LogP contribution in [0.2, 0.25) is 0 Å². The molecule has 1 saturated heterocycles. The van der Waals surface area contributed by atoms with Gasteiger partial charge in [-0.25, -0.2) is 4.79 Å². The number of carboxylic acids is 2. The molecule has 1 aromatic rings. The van der Waals surface area contributed by atoms with Crippen molar-refractivity contribution in [2.45, 2.75) is 25.4 Å². The third-order valence-electron chi connectivity index (χ3n) is 4.19. The number of hydrogen-bond donors (Lipinski definition) is 3. The fourth-order valence-electron chi connectivity index (χ4n) is 2.99. The third kappa shape index (κ3) is 3.34. The molecule has 124 valence electrons. The lowest BCUT2D eigenvalue weighted by Crippen LogP contribution is -2.45. The number of rotatable bonds is 5. The fraction of sp³-hybridized carbons (Fsp3) is 0.438. The summed E-state index contributed by atoms with van der Waals surface area (Å²) in [5, 5.41) is 18.9. The molecule has 0 unspecified atom stereocenters. The van der Waals surface area contributed by atoms with Gasteiger partial charge in [0.15, 0.2) is 0 Å². The number of thiol groups is 1. The van der Waals surface area contributed by atoms with Crippen LogP contribution < -0.4 is 0 Å². The quantitative estimate of drug-likeness (QED) is 0.711. The SMILES string of the molecule is C[C@H](CS)C(=O)N1[C@H](C(=O)O)C[C@H](C(=O)O)[C@@H]1c1ccccc1. The molecule has 23 heavy (non-hydrogen) atoms. The first-order valence-electron chi connectivity index (χ1n) is 7.32. The van der Waals surface area contributed by atoms with Crippen LogP contribution in [-0.2, 0) is 14.4 Å². The number of likely N-dealkylation sites (tertiary alicyclic amines) is 1. The van der Waals surface area contributed by atoms with Crippen molar-refractivity contribution in [3.8, 4) is 0 Å². The molecule has 0 radical (unpaired) electrons. The summed E-state index contributed by atoms with van der Waals surface area (Å²) >= 11 is 4.10. The molecule has 2 rings (SSSR count). The van der Waals surface area contributed by atoms with Gasteiger partial charge in [-0.15, -0.1) is 0 Å². The second kappa shape index (κ2) is 7.04. The minimum Gasteiger partial charge on any atom is -0.481 e. The van der Waals surface area contributed by atoms with Crippen LogP contribution >= 0.6 is 12.6 Å². The summed E-state index contributed by atoms with van der Waals surface area (Å²) in [5.74, 6) is -3.84. The molecule has 4 atom stereocenters. The van der Waals surface area contributed by atoms with Gasteiger partial charge in [0.1, 0.15) is 6.04 Å². The summed E-state index contributed by atoms with van der Waals surface area (Å²) in [6, 6.07) is 6.78. The van der Waals surface area contributed by atoms with Gasteiger partial charge >= 0.3 is 11.9 Å². The fourth-order valence-corrected chi connectivity index (χ4v) is 3.15. The average molecular weight is 337 g/mol. The smallest absolute Gasteiger partial charge is 0.326 e. The Labute approximate surface area is 139 Å². The number of amides is 1. The van der Waals surface area contributed by atoms with Gasteiger partial charge in [-0.2, -0.15) is 12.6 Å². The molecular weight excluding hydrogens is 318 g/mol. The number of aliphatic carboxylic acids is 2. The highest BCUT2D eigenvalue weighted by molar-refractivity contribution is 7.80. The standard InChI is InChI=1S/C16H19NO5S/c1-9(8-23)14(18)17-12(16(21)22)7-11(15(19)20)13(17)10-5-3-2-4-6-10/h2-6,9,11-13,23H,7-8H2,1H3,(H,19,20)(H,21,22)/t9-,11+,12+,13+/m1/s1. The van der Waals surface area contributed by atoms with E-state index in [9.17, 15) is 24.6 Å². The average Bonchev–Trinajstić information content (AvgIpc) is 2.95. The molecule has 1 amide bonds. The minimum atomic E-state index is -1.19. The normalized spacial score (nSPS) is 25.1. The number of carbonyl (C=O) groups is 3. The number of benzene rings is 1. The van der Waals surface area contributed by atoms with Crippen molar-refractivity contribution >= 4 is 30.5 Å². The molecule has 0 saturated carbocycles. The lowest BCUT2D eigenvalue weighted by Gasteiger charge is -2.31. The van der Waals surface area contributed by atoms with Crippen LogP contribution in [0.5, 0.6) is 0 Å².